The molecule has 2 aromatic heterocycles. The van der Waals surface area contributed by atoms with Crippen LogP contribution in [0.2, 0.25) is 0 Å². The summed E-state index contributed by atoms with van der Waals surface area (Å²) in [5.74, 6) is -1.73. The van der Waals surface area contributed by atoms with Crippen molar-refractivity contribution in [1.29, 1.82) is 0 Å². The molecule has 0 saturated heterocycles. The van der Waals surface area contributed by atoms with E-state index in [9.17, 15) is 19.8 Å². The molecule has 4 aliphatic rings. The van der Waals surface area contributed by atoms with Gasteiger partial charge >= 0.3 is 267 Å². The van der Waals surface area contributed by atoms with Crippen LogP contribution in [0.3, 0.4) is 0 Å². The fourth-order valence-electron chi connectivity index (χ4n) is 7.13. The van der Waals surface area contributed by atoms with Gasteiger partial charge in [0.25, 0.3) is 0 Å². The predicted molar refractivity (Wildman–Crippen MR) is 178 cm³/mol. The summed E-state index contributed by atoms with van der Waals surface area (Å²) in [4.78, 5) is 33.7. The molecule has 0 radical (unpaired) electrons. The number of nitrogens with zero attached hydrogens (tertiary/aromatic N) is 4. The molecule has 6 rings (SSSR count). The quantitative estimate of drug-likeness (QED) is 0.377. The SMILES string of the molecule is CCC1=C(C)C2=Cc3c(C)c(CCC(=O)O)c4[n]3[Ga]([Cl])[n]3c(c(C)c(CC)c3=CC3=NC(=C4)C(CCC(=O)O)=C3C)=CC1=N2. The van der Waals surface area contributed by atoms with Crippen LogP contribution in [0.4, 0.5) is 0 Å². The summed E-state index contributed by atoms with van der Waals surface area (Å²) in [6.45, 7) is 12.7. The predicted octanol–water partition coefficient (Wildman–Crippen LogP) is 5.19. The van der Waals surface area contributed by atoms with Gasteiger partial charge in [0.15, 0.2) is 0 Å². The zero-order valence-electron chi connectivity index (χ0n) is 26.0. The van der Waals surface area contributed by atoms with Crippen molar-refractivity contribution in [1.82, 2.24) is 6.55 Å². The molecule has 0 saturated carbocycles. The minimum atomic E-state index is -3.26. The van der Waals surface area contributed by atoms with E-state index in [1.807, 2.05) is 19.9 Å². The summed E-state index contributed by atoms with van der Waals surface area (Å²) in [6, 6.07) is 0. The Hall–Kier alpha value is -3.53. The minimum absolute atomic E-state index is 0.00763. The molecule has 10 heteroatoms. The van der Waals surface area contributed by atoms with Crippen LogP contribution in [0.25, 0.3) is 24.3 Å². The van der Waals surface area contributed by atoms with Crippen molar-refractivity contribution >= 4 is 73.0 Å². The van der Waals surface area contributed by atoms with Gasteiger partial charge in [-0.2, -0.15) is 0 Å². The number of fused-ring (bicyclic) bond motifs is 2. The van der Waals surface area contributed by atoms with Gasteiger partial charge in [0.1, 0.15) is 0 Å². The molecule has 8 nitrogen and oxygen atoms in total. The van der Waals surface area contributed by atoms with Crippen LogP contribution in [-0.4, -0.2) is 55.8 Å². The number of aliphatic carboxylic acids is 2. The van der Waals surface area contributed by atoms with E-state index in [4.69, 9.17) is 19.6 Å². The monoisotopic (exact) mass is 668 g/mol. The number of allylic oxidation sites excluding steroid dienone is 4. The number of hydrogen-bond donors (Lipinski definition) is 2. The molecule has 226 valence electrons. The van der Waals surface area contributed by atoms with E-state index >= 15 is 0 Å². The second-order valence-electron chi connectivity index (χ2n) is 11.8. The zero-order chi connectivity index (χ0) is 31.6. The molecule has 0 aliphatic carbocycles. The summed E-state index contributed by atoms with van der Waals surface area (Å²) < 4.78 is 4.62. The summed E-state index contributed by atoms with van der Waals surface area (Å²) in [7, 11) is 7.85. The Morgan fingerprint density at radius 3 is 2.02 bits per heavy atom. The Balaban J connectivity index is 1.82. The van der Waals surface area contributed by atoms with Crippen LogP contribution < -0.4 is 10.7 Å². The number of hydrogen-bond acceptors (Lipinski definition) is 4. The average Bonchev–Trinajstić information content (AvgIpc) is 3.60. The van der Waals surface area contributed by atoms with E-state index in [0.29, 0.717) is 12.8 Å². The number of carboxylic acid groups (broad SMARTS) is 2. The fourth-order valence-corrected chi connectivity index (χ4v) is 13.8. The van der Waals surface area contributed by atoms with Gasteiger partial charge in [-0.3, -0.25) is 0 Å². The van der Waals surface area contributed by atoms with Crippen molar-refractivity contribution in [2.75, 3.05) is 0 Å². The second kappa shape index (κ2) is 11.4. The number of carbonyl (C=O) groups is 2. The summed E-state index contributed by atoms with van der Waals surface area (Å²) in [5, 5.41) is 21.3. The maximum absolute atomic E-state index is 11.8. The first-order chi connectivity index (χ1) is 21.0. The van der Waals surface area contributed by atoms with E-state index < -0.39 is 27.6 Å². The van der Waals surface area contributed by atoms with Gasteiger partial charge in [0, 0.05) is 0 Å². The molecule has 44 heavy (non-hydrogen) atoms. The molecule has 0 atom stereocenters. The molecular formula is C34H36ClGaN4O4. The van der Waals surface area contributed by atoms with Crippen LogP contribution in [-0.2, 0) is 22.4 Å². The first kappa shape index (κ1) is 30.5. The third kappa shape index (κ3) is 4.76. The van der Waals surface area contributed by atoms with E-state index in [1.54, 1.807) is 0 Å². The molecule has 0 unspecified atom stereocenters. The van der Waals surface area contributed by atoms with Gasteiger partial charge in [-0.1, -0.05) is 0 Å². The third-order valence-electron chi connectivity index (χ3n) is 9.51. The molecule has 4 aliphatic heterocycles. The molecule has 6 bridgehead atoms. The average molecular weight is 670 g/mol. The summed E-state index contributed by atoms with van der Waals surface area (Å²) in [6.07, 6.45) is 10.8. The molecule has 2 aromatic rings. The van der Waals surface area contributed by atoms with Gasteiger partial charge in [-0.15, -0.1) is 0 Å². The standard InChI is InChI=1S/C34H38N4O4.ClH.Ga/c1-7-21-17(3)25-13-26-19(5)23(9-11-33(39)40)31(37-26)16-32-24(10-12-34(41)42)20(6)28(38-32)15-30-22(8-2)18(4)27(36-30)14-29(21)35-25;;/h13-16H,7-12H2,1-6H3,(H4,35,36,37,38,39,40,41,42);1H;/q;;+3/p-3. The second-order valence-corrected chi connectivity index (χ2v) is 17.3. The van der Waals surface area contributed by atoms with Gasteiger partial charge in [0.05, 0.1) is 0 Å². The summed E-state index contributed by atoms with van der Waals surface area (Å²) in [5.41, 5.74) is 13.7. The fraction of sp³-hybridized carbons (Fsp3) is 0.353. The Morgan fingerprint density at radius 1 is 0.727 bits per heavy atom. The van der Waals surface area contributed by atoms with Gasteiger partial charge in [0.2, 0.25) is 0 Å². The zero-order valence-corrected chi connectivity index (χ0v) is 29.2. The number of halogens is 1. The van der Waals surface area contributed by atoms with Gasteiger partial charge in [-0.05, 0) is 0 Å². The number of carboxylic acids is 2. The molecule has 0 spiro atoms. The molecule has 0 amide bonds. The molecular weight excluding hydrogens is 634 g/mol. The van der Waals surface area contributed by atoms with Crippen molar-refractivity contribution in [3.05, 3.63) is 78.0 Å². The molecule has 0 fully saturated rings. The molecule has 0 aromatic carbocycles. The Morgan fingerprint density at radius 2 is 1.36 bits per heavy atom. The Kier molecular flexibility index (Phi) is 7.92. The topological polar surface area (TPSA) is 109 Å². The van der Waals surface area contributed by atoms with E-state index in [2.05, 4.69) is 52.5 Å². The number of aliphatic imine (C=N–C) groups is 2. The van der Waals surface area contributed by atoms with Crippen molar-refractivity contribution in [2.24, 2.45) is 9.98 Å². The van der Waals surface area contributed by atoms with Crippen LogP contribution in [0.15, 0.2) is 43.7 Å². The normalized spacial score (nSPS) is 16.8. The maximum atomic E-state index is 11.8. The molecule has 6 heterocycles. The first-order valence-electron chi connectivity index (χ1n) is 15.2. The van der Waals surface area contributed by atoms with Crippen LogP contribution in [0.5, 0.6) is 0 Å². The van der Waals surface area contributed by atoms with Crippen molar-refractivity contribution in [3.63, 3.8) is 0 Å². The van der Waals surface area contributed by atoms with Crippen LogP contribution in [0.1, 0.15) is 87.0 Å². The third-order valence-corrected chi connectivity index (χ3v) is 15.7. The Bertz CT molecular complexity index is 2000. The van der Waals surface area contributed by atoms with Crippen LogP contribution in [0, 0.1) is 13.8 Å². The molecule has 2 N–H and O–H groups in total. The van der Waals surface area contributed by atoms with Gasteiger partial charge < -0.3 is 0 Å². The summed E-state index contributed by atoms with van der Waals surface area (Å²) >= 11 is -3.26. The number of aromatic nitrogens is 2. The first-order valence-corrected chi connectivity index (χ1v) is 20.6. The Labute approximate surface area is 266 Å². The van der Waals surface area contributed by atoms with E-state index in [1.165, 1.54) is 16.7 Å². The number of rotatable bonds is 8. The van der Waals surface area contributed by atoms with Crippen molar-refractivity contribution < 1.29 is 19.8 Å². The van der Waals surface area contributed by atoms with E-state index in [-0.39, 0.29) is 12.8 Å². The van der Waals surface area contributed by atoms with E-state index in [0.717, 1.165) is 85.6 Å². The van der Waals surface area contributed by atoms with Crippen LogP contribution >= 0.6 is 9.64 Å². The van der Waals surface area contributed by atoms with Crippen molar-refractivity contribution in [3.8, 4) is 0 Å². The van der Waals surface area contributed by atoms with Gasteiger partial charge in [-0.25, -0.2) is 0 Å². The van der Waals surface area contributed by atoms with Crippen molar-refractivity contribution in [2.45, 2.75) is 80.1 Å².